The molecule has 2 aromatic heterocycles. The minimum atomic E-state index is -0.440. The second-order valence-electron chi connectivity index (χ2n) is 5.57. The number of carbonyl (C=O) groups excluding carboxylic acids is 1. The van der Waals surface area contributed by atoms with E-state index in [1.807, 2.05) is 0 Å². The van der Waals surface area contributed by atoms with Crippen molar-refractivity contribution in [3.05, 3.63) is 23.0 Å². The van der Waals surface area contributed by atoms with E-state index in [2.05, 4.69) is 15.0 Å². The molecule has 1 fully saturated rings. The standard InChI is InChI=1S/C15H20N4O6/c1-22-4-5-23-7-12(20)24-6-10-2-3-11(25-10)19-9-18-13-14(19)16-8-17-15(13)21/h8-11H,2-7H2,1H3,(H,16,17,21)/t10-,11+/m0/s1. The van der Waals surface area contributed by atoms with Gasteiger partial charge in [-0.3, -0.25) is 9.36 Å². The van der Waals surface area contributed by atoms with Crippen LogP contribution in [-0.2, 0) is 23.7 Å². The molecule has 0 aliphatic carbocycles. The highest BCUT2D eigenvalue weighted by Gasteiger charge is 2.29. The fourth-order valence-corrected chi connectivity index (χ4v) is 2.61. The number of esters is 1. The van der Waals surface area contributed by atoms with Crippen molar-refractivity contribution < 1.29 is 23.7 Å². The number of fused-ring (bicyclic) bond motifs is 1. The van der Waals surface area contributed by atoms with Crippen LogP contribution in [-0.4, -0.2) is 65.1 Å². The zero-order chi connectivity index (χ0) is 17.6. The van der Waals surface area contributed by atoms with E-state index in [-0.39, 0.29) is 36.6 Å². The normalized spacial score (nSPS) is 20.2. The van der Waals surface area contributed by atoms with Crippen LogP contribution < -0.4 is 5.56 Å². The largest absolute Gasteiger partial charge is 0.461 e. The van der Waals surface area contributed by atoms with Crippen molar-refractivity contribution in [2.75, 3.05) is 33.5 Å². The van der Waals surface area contributed by atoms with Gasteiger partial charge in [0.2, 0.25) is 0 Å². The molecule has 0 saturated carbocycles. The van der Waals surface area contributed by atoms with E-state index in [0.717, 1.165) is 6.42 Å². The highest BCUT2D eigenvalue weighted by atomic mass is 16.6. The Bertz CT molecular complexity index is 773. The summed E-state index contributed by atoms with van der Waals surface area (Å²) in [6.07, 6.45) is 3.81. The maximum atomic E-state index is 11.7. The molecule has 136 valence electrons. The summed E-state index contributed by atoms with van der Waals surface area (Å²) in [5.41, 5.74) is 0.452. The van der Waals surface area contributed by atoms with Gasteiger partial charge in [-0.2, -0.15) is 0 Å². The van der Waals surface area contributed by atoms with Crippen molar-refractivity contribution in [2.45, 2.75) is 25.2 Å². The summed E-state index contributed by atoms with van der Waals surface area (Å²) in [6, 6.07) is 0. The summed E-state index contributed by atoms with van der Waals surface area (Å²) < 4.78 is 22.7. The Morgan fingerprint density at radius 3 is 3.12 bits per heavy atom. The Kier molecular flexibility index (Phi) is 5.74. The average Bonchev–Trinajstić information content (AvgIpc) is 3.24. The van der Waals surface area contributed by atoms with Gasteiger partial charge in [0.1, 0.15) is 19.4 Å². The molecule has 1 aliphatic heterocycles. The second-order valence-corrected chi connectivity index (χ2v) is 5.57. The highest BCUT2D eigenvalue weighted by Crippen LogP contribution is 2.29. The van der Waals surface area contributed by atoms with Gasteiger partial charge < -0.3 is 23.9 Å². The first-order valence-corrected chi connectivity index (χ1v) is 7.97. The van der Waals surface area contributed by atoms with Crippen LogP contribution in [0.3, 0.4) is 0 Å². The Morgan fingerprint density at radius 2 is 2.28 bits per heavy atom. The van der Waals surface area contributed by atoms with Gasteiger partial charge in [-0.25, -0.2) is 14.8 Å². The van der Waals surface area contributed by atoms with Crippen LogP contribution in [0.4, 0.5) is 0 Å². The molecule has 2 aromatic rings. The quantitative estimate of drug-likeness (QED) is 0.521. The third-order valence-corrected chi connectivity index (χ3v) is 3.84. The smallest absolute Gasteiger partial charge is 0.332 e. The number of aromatic amines is 1. The van der Waals surface area contributed by atoms with Crippen molar-refractivity contribution >= 4 is 17.1 Å². The van der Waals surface area contributed by atoms with Crippen LogP contribution in [0.15, 0.2) is 17.4 Å². The topological polar surface area (TPSA) is 118 Å². The van der Waals surface area contributed by atoms with E-state index >= 15 is 0 Å². The molecule has 0 amide bonds. The predicted octanol–water partition coefficient (Wildman–Crippen LogP) is 0.00340. The number of H-pyrrole nitrogens is 1. The fraction of sp³-hybridized carbons (Fsp3) is 0.600. The van der Waals surface area contributed by atoms with Gasteiger partial charge in [0, 0.05) is 7.11 Å². The summed E-state index contributed by atoms with van der Waals surface area (Å²) in [7, 11) is 1.56. The highest BCUT2D eigenvalue weighted by molar-refractivity contribution is 5.70. The van der Waals surface area contributed by atoms with Crippen LogP contribution in [0.2, 0.25) is 0 Å². The summed E-state index contributed by atoms with van der Waals surface area (Å²) in [5.74, 6) is -0.440. The lowest BCUT2D eigenvalue weighted by atomic mass is 10.2. The number of imidazole rings is 1. The number of rotatable bonds is 8. The molecule has 0 radical (unpaired) electrons. The molecule has 3 heterocycles. The van der Waals surface area contributed by atoms with Gasteiger partial charge in [-0.05, 0) is 12.8 Å². The summed E-state index contributed by atoms with van der Waals surface area (Å²) >= 11 is 0. The van der Waals surface area contributed by atoms with Crippen molar-refractivity contribution in [3.63, 3.8) is 0 Å². The van der Waals surface area contributed by atoms with Gasteiger partial charge in [-0.15, -0.1) is 0 Å². The van der Waals surface area contributed by atoms with Crippen LogP contribution in [0.5, 0.6) is 0 Å². The maximum Gasteiger partial charge on any atom is 0.332 e. The molecule has 0 spiro atoms. The molecule has 2 atom stereocenters. The summed E-state index contributed by atoms with van der Waals surface area (Å²) in [6.45, 7) is 0.811. The molecule has 1 aliphatic rings. The number of nitrogens with one attached hydrogen (secondary N) is 1. The van der Waals surface area contributed by atoms with Gasteiger partial charge >= 0.3 is 5.97 Å². The Morgan fingerprint density at radius 1 is 1.40 bits per heavy atom. The molecular formula is C15H20N4O6. The monoisotopic (exact) mass is 352 g/mol. The molecule has 1 N–H and O–H groups in total. The van der Waals surface area contributed by atoms with Crippen LogP contribution in [0, 0.1) is 0 Å². The first-order chi connectivity index (χ1) is 12.2. The second kappa shape index (κ2) is 8.19. The SMILES string of the molecule is COCCOCC(=O)OC[C@@H]1CC[C@H](n2cnc3c(=O)[nH]cnc32)O1. The molecule has 0 unspecified atom stereocenters. The van der Waals surface area contributed by atoms with Crippen LogP contribution in [0.1, 0.15) is 19.1 Å². The number of methoxy groups -OCH3 is 1. The van der Waals surface area contributed by atoms with Crippen LogP contribution in [0.25, 0.3) is 11.2 Å². The third kappa shape index (κ3) is 4.21. The summed E-state index contributed by atoms with van der Waals surface area (Å²) in [5, 5.41) is 0. The zero-order valence-corrected chi connectivity index (χ0v) is 13.8. The molecule has 10 heteroatoms. The van der Waals surface area contributed by atoms with Crippen molar-refractivity contribution in [1.82, 2.24) is 19.5 Å². The lowest BCUT2D eigenvalue weighted by Crippen LogP contribution is -2.22. The fourth-order valence-electron chi connectivity index (χ4n) is 2.61. The van der Waals surface area contributed by atoms with Gasteiger partial charge in [0.25, 0.3) is 5.56 Å². The van der Waals surface area contributed by atoms with Crippen LogP contribution >= 0.6 is 0 Å². The van der Waals surface area contributed by atoms with E-state index in [4.69, 9.17) is 18.9 Å². The Hall–Kier alpha value is -2.30. The molecule has 0 bridgehead atoms. The van der Waals surface area contributed by atoms with E-state index in [1.54, 1.807) is 11.7 Å². The van der Waals surface area contributed by atoms with E-state index in [9.17, 15) is 9.59 Å². The number of ether oxygens (including phenoxy) is 4. The lowest BCUT2D eigenvalue weighted by Gasteiger charge is -2.15. The van der Waals surface area contributed by atoms with Gasteiger partial charge in [-0.1, -0.05) is 0 Å². The first-order valence-electron chi connectivity index (χ1n) is 7.97. The number of hydrogen-bond acceptors (Lipinski definition) is 8. The lowest BCUT2D eigenvalue weighted by molar-refractivity contribution is -0.154. The molecule has 3 rings (SSSR count). The molecular weight excluding hydrogens is 332 g/mol. The van der Waals surface area contributed by atoms with Crippen molar-refractivity contribution in [1.29, 1.82) is 0 Å². The average molecular weight is 352 g/mol. The number of nitrogens with zero attached hydrogens (tertiary/aromatic N) is 3. The maximum absolute atomic E-state index is 11.7. The molecule has 0 aromatic carbocycles. The summed E-state index contributed by atoms with van der Waals surface area (Å²) in [4.78, 5) is 34.0. The van der Waals surface area contributed by atoms with Gasteiger partial charge in [0.15, 0.2) is 11.2 Å². The molecule has 25 heavy (non-hydrogen) atoms. The van der Waals surface area contributed by atoms with Gasteiger partial charge in [0.05, 0.1) is 32.0 Å². The predicted molar refractivity (Wildman–Crippen MR) is 84.9 cm³/mol. The molecule has 1 saturated heterocycles. The number of aromatic nitrogens is 4. The minimum absolute atomic E-state index is 0.113. The van der Waals surface area contributed by atoms with Crippen molar-refractivity contribution in [3.8, 4) is 0 Å². The van der Waals surface area contributed by atoms with E-state index < -0.39 is 5.97 Å². The Labute approximate surface area is 143 Å². The van der Waals surface area contributed by atoms with Crippen molar-refractivity contribution in [2.24, 2.45) is 0 Å². The number of hydrogen-bond donors (Lipinski definition) is 1. The third-order valence-electron chi connectivity index (χ3n) is 3.84. The first kappa shape index (κ1) is 17.5. The molecule has 10 nitrogen and oxygen atoms in total. The zero-order valence-electron chi connectivity index (χ0n) is 13.8. The van der Waals surface area contributed by atoms with E-state index in [1.165, 1.54) is 12.7 Å². The Balaban J connectivity index is 1.49. The van der Waals surface area contributed by atoms with E-state index in [0.29, 0.717) is 25.3 Å². The minimum Gasteiger partial charge on any atom is -0.461 e. The number of carbonyl (C=O) groups is 1.